The minimum atomic E-state index is 0.550. The minimum Gasteiger partial charge on any atom is -0.307 e. The van der Waals surface area contributed by atoms with E-state index in [1.54, 1.807) is 0 Å². The number of unbranched alkanes of at least 4 members (excludes halogenated alkanes) is 2. The minimum absolute atomic E-state index is 0.550. The molecule has 0 aliphatic heterocycles. The molecule has 1 saturated carbocycles. The lowest BCUT2D eigenvalue weighted by atomic mass is 9.92. The van der Waals surface area contributed by atoms with Crippen LogP contribution in [0.25, 0.3) is 0 Å². The molecule has 1 atom stereocenters. The second kappa shape index (κ2) is 9.53. The van der Waals surface area contributed by atoms with Crippen molar-refractivity contribution in [3.05, 3.63) is 35.9 Å². The number of rotatable bonds is 8. The smallest absolute Gasteiger partial charge is 0.0322 e. The molecule has 1 unspecified atom stereocenters. The summed E-state index contributed by atoms with van der Waals surface area (Å²) in [6.07, 6.45) is 13.0. The Hall–Kier alpha value is -0.470. The molecular formula is C19H31NS. The van der Waals surface area contributed by atoms with Gasteiger partial charge in [-0.25, -0.2) is 0 Å². The molecule has 1 N–H and O–H groups in total. The molecule has 0 aromatic heterocycles. The van der Waals surface area contributed by atoms with Crippen LogP contribution in [-0.4, -0.2) is 17.5 Å². The SMILES string of the molecule is CCCCCC(NC1CCC(SC)CC1)c1ccccc1. The molecule has 0 amide bonds. The van der Waals surface area contributed by atoms with E-state index < -0.39 is 0 Å². The van der Waals surface area contributed by atoms with Crippen LogP contribution in [0.15, 0.2) is 30.3 Å². The summed E-state index contributed by atoms with van der Waals surface area (Å²) in [6, 6.07) is 12.3. The molecule has 0 spiro atoms. The highest BCUT2D eigenvalue weighted by Crippen LogP contribution is 2.29. The van der Waals surface area contributed by atoms with Crippen molar-refractivity contribution < 1.29 is 0 Å². The Labute approximate surface area is 135 Å². The van der Waals surface area contributed by atoms with Gasteiger partial charge in [0.25, 0.3) is 0 Å². The first kappa shape index (κ1) is 16.9. The highest BCUT2D eigenvalue weighted by Gasteiger charge is 2.23. The van der Waals surface area contributed by atoms with Gasteiger partial charge in [0, 0.05) is 17.3 Å². The molecular weight excluding hydrogens is 274 g/mol. The van der Waals surface area contributed by atoms with Crippen molar-refractivity contribution in [3.8, 4) is 0 Å². The fourth-order valence-electron chi connectivity index (χ4n) is 3.38. The number of nitrogens with one attached hydrogen (secondary N) is 1. The van der Waals surface area contributed by atoms with E-state index in [-0.39, 0.29) is 0 Å². The second-order valence-electron chi connectivity index (χ2n) is 6.34. The van der Waals surface area contributed by atoms with Crippen LogP contribution in [0.2, 0.25) is 0 Å². The van der Waals surface area contributed by atoms with Crippen LogP contribution in [-0.2, 0) is 0 Å². The zero-order chi connectivity index (χ0) is 14.9. The topological polar surface area (TPSA) is 12.0 Å². The van der Waals surface area contributed by atoms with Gasteiger partial charge in [0.05, 0.1) is 0 Å². The molecule has 1 aromatic rings. The maximum absolute atomic E-state index is 3.97. The first-order chi connectivity index (χ1) is 10.3. The van der Waals surface area contributed by atoms with Crippen molar-refractivity contribution in [2.45, 2.75) is 75.6 Å². The van der Waals surface area contributed by atoms with Gasteiger partial charge in [-0.15, -0.1) is 0 Å². The van der Waals surface area contributed by atoms with Gasteiger partial charge in [-0.05, 0) is 43.9 Å². The van der Waals surface area contributed by atoms with Crippen LogP contribution in [0.3, 0.4) is 0 Å². The van der Waals surface area contributed by atoms with Gasteiger partial charge in [-0.3, -0.25) is 0 Å². The third-order valence-corrected chi connectivity index (χ3v) is 5.88. The third-order valence-electron chi connectivity index (χ3n) is 4.74. The Kier molecular flexibility index (Phi) is 7.66. The van der Waals surface area contributed by atoms with E-state index in [1.165, 1.54) is 56.9 Å². The van der Waals surface area contributed by atoms with Crippen LogP contribution in [0, 0.1) is 0 Å². The monoisotopic (exact) mass is 305 g/mol. The van der Waals surface area contributed by atoms with E-state index in [9.17, 15) is 0 Å². The Morgan fingerprint density at radius 2 is 1.81 bits per heavy atom. The van der Waals surface area contributed by atoms with E-state index >= 15 is 0 Å². The summed E-state index contributed by atoms with van der Waals surface area (Å²) in [5.74, 6) is 0. The van der Waals surface area contributed by atoms with Gasteiger partial charge in [0.15, 0.2) is 0 Å². The summed E-state index contributed by atoms with van der Waals surface area (Å²) in [5, 5.41) is 4.87. The molecule has 118 valence electrons. The van der Waals surface area contributed by atoms with Gasteiger partial charge >= 0.3 is 0 Å². The molecule has 1 aliphatic rings. The third kappa shape index (κ3) is 5.67. The van der Waals surface area contributed by atoms with Crippen molar-refractivity contribution in [1.29, 1.82) is 0 Å². The van der Waals surface area contributed by atoms with Crippen LogP contribution in [0.5, 0.6) is 0 Å². The standard InChI is InChI=1S/C19H31NS/c1-3-4-6-11-19(16-9-7-5-8-10-16)20-17-12-14-18(21-2)15-13-17/h5,7-10,17-20H,3-4,6,11-15H2,1-2H3. The summed E-state index contributed by atoms with van der Waals surface area (Å²) >= 11 is 2.05. The predicted octanol–water partition coefficient (Wildman–Crippen LogP) is 5.57. The zero-order valence-corrected chi connectivity index (χ0v) is 14.5. The number of hydrogen-bond acceptors (Lipinski definition) is 2. The molecule has 1 aromatic carbocycles. The Balaban J connectivity index is 1.90. The van der Waals surface area contributed by atoms with Crippen molar-refractivity contribution in [3.63, 3.8) is 0 Å². The fraction of sp³-hybridized carbons (Fsp3) is 0.684. The molecule has 0 saturated heterocycles. The molecule has 1 nitrogen and oxygen atoms in total. The second-order valence-corrected chi connectivity index (χ2v) is 7.47. The molecule has 0 radical (unpaired) electrons. The maximum atomic E-state index is 3.97. The van der Waals surface area contributed by atoms with Crippen molar-refractivity contribution in [2.75, 3.05) is 6.26 Å². The number of thioether (sulfide) groups is 1. The lowest BCUT2D eigenvalue weighted by molar-refractivity contribution is 0.330. The first-order valence-corrected chi connectivity index (χ1v) is 9.96. The predicted molar refractivity (Wildman–Crippen MR) is 96.0 cm³/mol. The summed E-state index contributed by atoms with van der Waals surface area (Å²) in [4.78, 5) is 0. The molecule has 2 rings (SSSR count). The largest absolute Gasteiger partial charge is 0.307 e. The molecule has 2 heteroatoms. The average molecular weight is 306 g/mol. The van der Waals surface area contributed by atoms with E-state index in [0.717, 1.165) is 11.3 Å². The van der Waals surface area contributed by atoms with Crippen LogP contribution < -0.4 is 5.32 Å². The summed E-state index contributed by atoms with van der Waals surface area (Å²) in [5.41, 5.74) is 1.47. The normalized spacial score (nSPS) is 23.9. The molecule has 21 heavy (non-hydrogen) atoms. The van der Waals surface area contributed by atoms with Crippen LogP contribution in [0.4, 0.5) is 0 Å². The van der Waals surface area contributed by atoms with Gasteiger partial charge in [-0.2, -0.15) is 11.8 Å². The van der Waals surface area contributed by atoms with Gasteiger partial charge in [0.1, 0.15) is 0 Å². The van der Waals surface area contributed by atoms with Gasteiger partial charge < -0.3 is 5.32 Å². The zero-order valence-electron chi connectivity index (χ0n) is 13.7. The molecule has 1 aliphatic carbocycles. The summed E-state index contributed by atoms with van der Waals surface area (Å²) in [7, 11) is 0. The van der Waals surface area contributed by atoms with Crippen LogP contribution >= 0.6 is 11.8 Å². The fourth-order valence-corrected chi connectivity index (χ4v) is 4.12. The van der Waals surface area contributed by atoms with E-state index in [1.807, 2.05) is 0 Å². The Bertz CT molecular complexity index is 370. The summed E-state index contributed by atoms with van der Waals surface area (Å²) in [6.45, 7) is 2.29. The van der Waals surface area contributed by atoms with Crippen molar-refractivity contribution >= 4 is 11.8 Å². The maximum Gasteiger partial charge on any atom is 0.0322 e. The van der Waals surface area contributed by atoms with E-state index in [4.69, 9.17) is 0 Å². The molecule has 1 fully saturated rings. The molecule has 0 heterocycles. The lowest BCUT2D eigenvalue weighted by Gasteiger charge is -2.32. The molecule has 0 bridgehead atoms. The quantitative estimate of drug-likeness (QED) is 0.630. The number of hydrogen-bond donors (Lipinski definition) is 1. The van der Waals surface area contributed by atoms with E-state index in [0.29, 0.717) is 6.04 Å². The highest BCUT2D eigenvalue weighted by molar-refractivity contribution is 7.99. The summed E-state index contributed by atoms with van der Waals surface area (Å²) < 4.78 is 0. The Morgan fingerprint density at radius 1 is 1.10 bits per heavy atom. The number of benzene rings is 1. The first-order valence-electron chi connectivity index (χ1n) is 8.67. The lowest BCUT2D eigenvalue weighted by Crippen LogP contribution is -2.36. The van der Waals surface area contributed by atoms with Crippen LogP contribution in [0.1, 0.15) is 69.9 Å². The highest BCUT2D eigenvalue weighted by atomic mass is 32.2. The Morgan fingerprint density at radius 3 is 2.43 bits per heavy atom. The van der Waals surface area contributed by atoms with Crippen molar-refractivity contribution in [2.24, 2.45) is 0 Å². The van der Waals surface area contributed by atoms with Gasteiger partial charge in [0.2, 0.25) is 0 Å². The average Bonchev–Trinajstić information content (AvgIpc) is 2.55. The van der Waals surface area contributed by atoms with Crippen molar-refractivity contribution in [1.82, 2.24) is 5.32 Å². The van der Waals surface area contributed by atoms with Gasteiger partial charge in [-0.1, -0.05) is 56.5 Å². The van der Waals surface area contributed by atoms with E-state index in [2.05, 4.69) is 60.6 Å².